The van der Waals surface area contributed by atoms with Crippen molar-refractivity contribution in [1.82, 2.24) is 0 Å². The molecule has 0 aliphatic rings. The zero-order valence-corrected chi connectivity index (χ0v) is 17.5. The van der Waals surface area contributed by atoms with Crippen molar-refractivity contribution in [2.45, 2.75) is 77.8 Å². The monoisotopic (exact) mass is 364 g/mol. The van der Waals surface area contributed by atoms with E-state index in [2.05, 4.69) is 32.9 Å². The SMILES string of the molecule is CC[Si](CC)(CC)O[C@H](CCCCOCc1ccccc1)[C@@H](C)C=O. The lowest BCUT2D eigenvalue weighted by Crippen LogP contribution is -2.42. The van der Waals surface area contributed by atoms with Gasteiger partial charge in [-0.25, -0.2) is 0 Å². The molecule has 0 aliphatic carbocycles. The first kappa shape index (κ1) is 22.1. The molecule has 1 rings (SSSR count). The third-order valence-corrected chi connectivity index (χ3v) is 9.94. The van der Waals surface area contributed by atoms with E-state index in [4.69, 9.17) is 9.16 Å². The summed E-state index contributed by atoms with van der Waals surface area (Å²) in [5.74, 6) is -0.0261. The summed E-state index contributed by atoms with van der Waals surface area (Å²) in [6.07, 6.45) is 4.12. The average Bonchev–Trinajstić information content (AvgIpc) is 2.67. The van der Waals surface area contributed by atoms with E-state index in [1.165, 1.54) is 5.56 Å². The lowest BCUT2D eigenvalue weighted by Gasteiger charge is -2.35. The number of hydrogen-bond donors (Lipinski definition) is 0. The number of ether oxygens (including phenoxy) is 1. The lowest BCUT2D eigenvalue weighted by atomic mass is 10.0. The Labute approximate surface area is 155 Å². The number of hydrogen-bond acceptors (Lipinski definition) is 3. The fourth-order valence-electron chi connectivity index (χ4n) is 3.15. The van der Waals surface area contributed by atoms with Gasteiger partial charge in [-0.15, -0.1) is 0 Å². The maximum atomic E-state index is 11.3. The summed E-state index contributed by atoms with van der Waals surface area (Å²) in [6, 6.07) is 13.6. The van der Waals surface area contributed by atoms with Gasteiger partial charge in [0, 0.05) is 12.5 Å². The van der Waals surface area contributed by atoms with Crippen LogP contribution >= 0.6 is 0 Å². The van der Waals surface area contributed by atoms with E-state index in [9.17, 15) is 4.79 Å². The van der Waals surface area contributed by atoms with Gasteiger partial charge in [0.1, 0.15) is 6.29 Å². The standard InChI is InChI=1S/C21H36O3Si/c1-5-25(6-2,7-3)24-21(19(4)17-22)15-11-12-16-23-18-20-13-9-8-10-14-20/h8-10,13-14,17,19,21H,5-7,11-12,15-16,18H2,1-4H3/t19-,21+/m0/s1. The number of rotatable bonds is 14. The van der Waals surface area contributed by atoms with Crippen molar-refractivity contribution in [1.29, 1.82) is 0 Å². The molecule has 0 aromatic heterocycles. The van der Waals surface area contributed by atoms with Gasteiger partial charge in [0.2, 0.25) is 0 Å². The second kappa shape index (κ2) is 12.4. The molecular weight excluding hydrogens is 328 g/mol. The zero-order valence-electron chi connectivity index (χ0n) is 16.5. The predicted molar refractivity (Wildman–Crippen MR) is 107 cm³/mol. The molecular formula is C21H36O3Si. The Bertz CT molecular complexity index is 451. The van der Waals surface area contributed by atoms with Crippen LogP contribution in [0.25, 0.3) is 0 Å². The van der Waals surface area contributed by atoms with Gasteiger partial charge in [-0.3, -0.25) is 0 Å². The summed E-state index contributed by atoms with van der Waals surface area (Å²) in [4.78, 5) is 11.3. The number of carbonyl (C=O) groups excluding carboxylic acids is 1. The Balaban J connectivity index is 2.36. The van der Waals surface area contributed by atoms with E-state index in [1.54, 1.807) is 0 Å². The number of unbranched alkanes of at least 4 members (excludes halogenated alkanes) is 1. The molecule has 0 aliphatic heterocycles. The topological polar surface area (TPSA) is 35.5 Å². The second-order valence-corrected chi connectivity index (χ2v) is 11.7. The first-order valence-corrected chi connectivity index (χ1v) is 12.4. The van der Waals surface area contributed by atoms with E-state index in [0.717, 1.165) is 50.3 Å². The Morgan fingerprint density at radius 1 is 1.04 bits per heavy atom. The minimum absolute atomic E-state index is 0.0261. The van der Waals surface area contributed by atoms with E-state index in [0.29, 0.717) is 6.61 Å². The Hall–Kier alpha value is -0.973. The van der Waals surface area contributed by atoms with Gasteiger partial charge in [0.05, 0.1) is 12.7 Å². The molecule has 0 fully saturated rings. The van der Waals surface area contributed by atoms with Crippen LogP contribution in [0.4, 0.5) is 0 Å². The second-order valence-electron chi connectivity index (χ2n) is 6.93. The fraction of sp³-hybridized carbons (Fsp3) is 0.667. The summed E-state index contributed by atoms with van der Waals surface area (Å²) in [5.41, 5.74) is 1.21. The van der Waals surface area contributed by atoms with Crippen molar-refractivity contribution >= 4 is 14.6 Å². The van der Waals surface area contributed by atoms with Crippen LogP contribution in [0.15, 0.2) is 30.3 Å². The van der Waals surface area contributed by atoms with Crippen LogP contribution in [0.2, 0.25) is 18.1 Å². The predicted octanol–water partition coefficient (Wildman–Crippen LogP) is 5.60. The third-order valence-electron chi connectivity index (χ3n) is 5.27. The van der Waals surface area contributed by atoms with Crippen molar-refractivity contribution in [3.8, 4) is 0 Å². The van der Waals surface area contributed by atoms with Crippen molar-refractivity contribution in [2.75, 3.05) is 6.61 Å². The van der Waals surface area contributed by atoms with Crippen molar-refractivity contribution < 1.29 is 14.0 Å². The van der Waals surface area contributed by atoms with Crippen molar-refractivity contribution in [3.05, 3.63) is 35.9 Å². The minimum Gasteiger partial charge on any atom is -0.413 e. The molecule has 3 nitrogen and oxygen atoms in total. The van der Waals surface area contributed by atoms with E-state index < -0.39 is 8.32 Å². The van der Waals surface area contributed by atoms with Gasteiger partial charge in [-0.1, -0.05) is 58.0 Å². The van der Waals surface area contributed by atoms with Gasteiger partial charge < -0.3 is 14.0 Å². The van der Waals surface area contributed by atoms with Gasteiger partial charge in [0.25, 0.3) is 0 Å². The summed E-state index contributed by atoms with van der Waals surface area (Å²) in [6.45, 7) is 10.1. The molecule has 2 atom stereocenters. The van der Waals surface area contributed by atoms with Crippen molar-refractivity contribution in [2.24, 2.45) is 5.92 Å². The number of aldehydes is 1. The first-order chi connectivity index (χ1) is 12.1. The largest absolute Gasteiger partial charge is 0.413 e. The van der Waals surface area contributed by atoms with Crippen LogP contribution in [-0.2, 0) is 20.6 Å². The molecule has 0 amide bonds. The van der Waals surface area contributed by atoms with Crippen LogP contribution in [0.3, 0.4) is 0 Å². The summed E-state index contributed by atoms with van der Waals surface area (Å²) >= 11 is 0. The number of carbonyl (C=O) groups is 1. The Kier molecular flexibility index (Phi) is 10.9. The fourth-order valence-corrected chi connectivity index (χ4v) is 6.13. The molecule has 142 valence electrons. The van der Waals surface area contributed by atoms with Crippen LogP contribution in [0, 0.1) is 5.92 Å². The smallest absolute Gasteiger partial charge is 0.192 e. The first-order valence-electron chi connectivity index (χ1n) is 9.85. The highest BCUT2D eigenvalue weighted by Crippen LogP contribution is 2.27. The van der Waals surface area contributed by atoms with E-state index >= 15 is 0 Å². The Morgan fingerprint density at radius 2 is 1.68 bits per heavy atom. The zero-order chi connectivity index (χ0) is 18.5. The molecule has 0 radical (unpaired) electrons. The van der Waals surface area contributed by atoms with Gasteiger partial charge >= 0.3 is 0 Å². The molecule has 0 saturated carbocycles. The highest BCUT2D eigenvalue weighted by atomic mass is 28.4. The normalized spacial score (nSPS) is 14.2. The van der Waals surface area contributed by atoms with Crippen LogP contribution in [0.5, 0.6) is 0 Å². The summed E-state index contributed by atoms with van der Waals surface area (Å²) in [5, 5.41) is 0. The molecule has 0 N–H and O–H groups in total. The maximum absolute atomic E-state index is 11.3. The summed E-state index contributed by atoms with van der Waals surface area (Å²) in [7, 11) is -1.67. The van der Waals surface area contributed by atoms with E-state index in [1.807, 2.05) is 25.1 Å². The molecule has 4 heteroatoms. The van der Waals surface area contributed by atoms with Crippen LogP contribution in [-0.4, -0.2) is 27.3 Å². The molecule has 0 spiro atoms. The molecule has 0 saturated heterocycles. The molecule has 25 heavy (non-hydrogen) atoms. The van der Waals surface area contributed by atoms with Crippen LogP contribution in [0.1, 0.15) is 52.5 Å². The Morgan fingerprint density at radius 3 is 2.24 bits per heavy atom. The highest BCUT2D eigenvalue weighted by Gasteiger charge is 2.33. The number of benzene rings is 1. The molecule has 1 aromatic carbocycles. The van der Waals surface area contributed by atoms with Crippen LogP contribution < -0.4 is 0 Å². The molecule has 0 heterocycles. The van der Waals surface area contributed by atoms with Gasteiger partial charge in [-0.2, -0.15) is 0 Å². The third kappa shape index (κ3) is 7.84. The molecule has 0 bridgehead atoms. The highest BCUT2D eigenvalue weighted by molar-refractivity contribution is 6.73. The minimum atomic E-state index is -1.67. The maximum Gasteiger partial charge on any atom is 0.192 e. The lowest BCUT2D eigenvalue weighted by molar-refractivity contribution is -0.113. The quantitative estimate of drug-likeness (QED) is 0.245. The van der Waals surface area contributed by atoms with Gasteiger partial charge in [0.15, 0.2) is 8.32 Å². The molecule has 1 aromatic rings. The van der Waals surface area contributed by atoms with Crippen molar-refractivity contribution in [3.63, 3.8) is 0 Å². The van der Waals surface area contributed by atoms with Gasteiger partial charge in [-0.05, 0) is 43.0 Å². The van der Waals surface area contributed by atoms with E-state index in [-0.39, 0.29) is 12.0 Å². The average molecular weight is 365 g/mol. The molecule has 0 unspecified atom stereocenters. The summed E-state index contributed by atoms with van der Waals surface area (Å²) < 4.78 is 12.3.